The molecule has 1 unspecified atom stereocenters. The highest BCUT2D eigenvalue weighted by Gasteiger charge is 2.21. The van der Waals surface area contributed by atoms with Crippen molar-refractivity contribution in [2.75, 3.05) is 19.6 Å². The van der Waals surface area contributed by atoms with Crippen LogP contribution < -0.4 is 5.73 Å². The lowest BCUT2D eigenvalue weighted by atomic mass is 10.0. The van der Waals surface area contributed by atoms with E-state index in [0.29, 0.717) is 18.7 Å². The minimum Gasteiger partial charge on any atom is -0.328 e. The maximum absolute atomic E-state index is 12.4. The van der Waals surface area contributed by atoms with Crippen LogP contribution in [0.4, 0.5) is 0 Å². The number of nitrogens with two attached hydrogens (primary N) is 1. The number of carbonyl (C=O) groups excluding carboxylic acids is 1. The molecule has 0 aromatic heterocycles. The fourth-order valence-corrected chi connectivity index (χ4v) is 4.45. The maximum Gasteiger partial charge on any atom is 0.151 e. The van der Waals surface area contributed by atoms with E-state index in [1.165, 1.54) is 83.5 Å². The molecule has 0 aliphatic heterocycles. The Labute approximate surface area is 213 Å². The first kappa shape index (κ1) is 32.7. The predicted octanol–water partition coefficient (Wildman–Crippen LogP) is 7.66. The molecule has 3 heteroatoms. The average Bonchev–Trinajstić information content (AvgIpc) is 2.85. The van der Waals surface area contributed by atoms with Gasteiger partial charge in [-0.1, -0.05) is 116 Å². The first-order valence-corrected chi connectivity index (χ1v) is 14.6. The molecule has 196 valence electrons. The minimum atomic E-state index is -0.0911. The molecule has 0 spiro atoms. The molecule has 0 radical (unpaired) electrons. The van der Waals surface area contributed by atoms with Crippen molar-refractivity contribution in [1.82, 2.24) is 4.90 Å². The molecule has 3 nitrogen and oxygen atoms in total. The number of carbonyl (C=O) groups is 1. The normalized spacial score (nSPS) is 11.6. The summed E-state index contributed by atoms with van der Waals surface area (Å²) in [5.74, 6) is 12.8. The zero-order valence-electron chi connectivity index (χ0n) is 23.1. The Bertz CT molecular complexity index is 574. The van der Waals surface area contributed by atoms with Gasteiger partial charge in [-0.3, -0.25) is 9.69 Å². The van der Waals surface area contributed by atoms with Crippen molar-refractivity contribution in [3.05, 3.63) is 0 Å². The Morgan fingerprint density at radius 3 is 1.47 bits per heavy atom. The van der Waals surface area contributed by atoms with Crippen LogP contribution in [0.1, 0.15) is 143 Å². The first-order chi connectivity index (χ1) is 16.7. The molecule has 0 aliphatic carbocycles. The van der Waals surface area contributed by atoms with Gasteiger partial charge in [-0.25, -0.2) is 0 Å². The first-order valence-electron chi connectivity index (χ1n) is 14.6. The van der Waals surface area contributed by atoms with Crippen molar-refractivity contribution in [2.24, 2.45) is 5.73 Å². The van der Waals surface area contributed by atoms with Gasteiger partial charge < -0.3 is 5.73 Å². The molecule has 34 heavy (non-hydrogen) atoms. The van der Waals surface area contributed by atoms with Crippen LogP contribution in [0.5, 0.6) is 0 Å². The molecule has 1 atom stereocenters. The lowest BCUT2D eigenvalue weighted by Crippen LogP contribution is -2.45. The topological polar surface area (TPSA) is 46.3 Å². The lowest BCUT2D eigenvalue weighted by Gasteiger charge is -2.27. The largest absolute Gasteiger partial charge is 0.328 e. The summed E-state index contributed by atoms with van der Waals surface area (Å²) in [5.41, 5.74) is 5.83. The smallest absolute Gasteiger partial charge is 0.151 e. The van der Waals surface area contributed by atoms with Gasteiger partial charge in [-0.15, -0.1) is 0 Å². The Morgan fingerprint density at radius 2 is 1.06 bits per heavy atom. The van der Waals surface area contributed by atoms with Gasteiger partial charge in [0.05, 0.1) is 6.04 Å². The van der Waals surface area contributed by atoms with Gasteiger partial charge in [0.1, 0.15) is 0 Å². The van der Waals surface area contributed by atoms with E-state index >= 15 is 0 Å². The van der Waals surface area contributed by atoms with Gasteiger partial charge in [0.2, 0.25) is 0 Å². The van der Waals surface area contributed by atoms with Gasteiger partial charge in [-0.2, -0.15) is 0 Å². The number of nitrogens with zero attached hydrogens (tertiary/aromatic N) is 1. The average molecular weight is 473 g/mol. The highest BCUT2D eigenvalue weighted by Crippen LogP contribution is 2.12. The fraction of sp³-hybridized carbons (Fsp3) is 0.839. The van der Waals surface area contributed by atoms with Gasteiger partial charge in [0.25, 0.3) is 0 Å². The van der Waals surface area contributed by atoms with E-state index in [2.05, 4.69) is 49.4 Å². The molecule has 0 aromatic carbocycles. The highest BCUT2D eigenvalue weighted by atomic mass is 16.1. The number of likely N-dealkylation sites (N-methyl/N-ethyl adjacent to an activating group) is 1. The molecule has 0 bridgehead atoms. The molecule has 0 fully saturated rings. The van der Waals surface area contributed by atoms with Crippen LogP contribution >= 0.6 is 0 Å². The number of rotatable bonds is 23. The summed E-state index contributed by atoms with van der Waals surface area (Å²) in [6, 6.07) is -0.0911. The van der Waals surface area contributed by atoms with Gasteiger partial charge in [0.15, 0.2) is 5.78 Å². The second-order valence-corrected chi connectivity index (χ2v) is 9.60. The molecule has 0 heterocycles. The number of hydrogen-bond acceptors (Lipinski definition) is 3. The van der Waals surface area contributed by atoms with Crippen LogP contribution in [0.25, 0.3) is 0 Å². The maximum atomic E-state index is 12.4. The zero-order chi connectivity index (χ0) is 25.1. The SMILES string of the molecule is CCCCCCCCCCCCC#CC#CCCCCCCCCC(=O)C(CN)N(CC)CC. The summed E-state index contributed by atoms with van der Waals surface area (Å²) in [6.45, 7) is 8.67. The second kappa shape index (κ2) is 26.3. The van der Waals surface area contributed by atoms with Crippen LogP contribution in [0.3, 0.4) is 0 Å². The monoisotopic (exact) mass is 472 g/mol. The quantitative estimate of drug-likeness (QED) is 0.123. The number of hydrogen-bond donors (Lipinski definition) is 1. The summed E-state index contributed by atoms with van der Waals surface area (Å²) in [7, 11) is 0. The third-order valence-corrected chi connectivity index (χ3v) is 6.72. The van der Waals surface area contributed by atoms with E-state index in [4.69, 9.17) is 5.73 Å². The Hall–Kier alpha value is -1.29. The van der Waals surface area contributed by atoms with Crippen molar-refractivity contribution < 1.29 is 4.79 Å². The van der Waals surface area contributed by atoms with Crippen LogP contribution in [0, 0.1) is 23.7 Å². The minimum absolute atomic E-state index is 0.0911. The molecule has 0 saturated carbocycles. The number of unbranched alkanes of at least 4 members (excludes halogenated alkanes) is 16. The molecular weight excluding hydrogens is 416 g/mol. The Morgan fingerprint density at radius 1 is 0.647 bits per heavy atom. The van der Waals surface area contributed by atoms with E-state index < -0.39 is 0 Å². The molecule has 0 saturated heterocycles. The molecule has 0 aromatic rings. The van der Waals surface area contributed by atoms with E-state index in [1.807, 2.05) is 0 Å². The molecule has 0 rings (SSSR count). The lowest BCUT2D eigenvalue weighted by molar-refractivity contribution is -0.124. The van der Waals surface area contributed by atoms with E-state index in [9.17, 15) is 4.79 Å². The van der Waals surface area contributed by atoms with Crippen molar-refractivity contribution in [3.63, 3.8) is 0 Å². The van der Waals surface area contributed by atoms with Crippen LogP contribution in [-0.4, -0.2) is 36.4 Å². The van der Waals surface area contributed by atoms with Crippen LogP contribution in [0.2, 0.25) is 0 Å². The third-order valence-electron chi connectivity index (χ3n) is 6.72. The van der Waals surface area contributed by atoms with Crippen molar-refractivity contribution in [2.45, 2.75) is 149 Å². The fourth-order valence-electron chi connectivity index (χ4n) is 4.45. The van der Waals surface area contributed by atoms with Gasteiger partial charge >= 0.3 is 0 Å². The van der Waals surface area contributed by atoms with E-state index in [0.717, 1.165) is 45.2 Å². The number of ketones is 1. The zero-order valence-corrected chi connectivity index (χ0v) is 23.1. The van der Waals surface area contributed by atoms with Crippen molar-refractivity contribution in [3.8, 4) is 23.7 Å². The van der Waals surface area contributed by atoms with Gasteiger partial charge in [-0.05, 0) is 44.2 Å². The third kappa shape index (κ3) is 20.1. The van der Waals surface area contributed by atoms with Crippen molar-refractivity contribution in [1.29, 1.82) is 0 Å². The summed E-state index contributed by atoms with van der Waals surface area (Å²) in [4.78, 5) is 14.6. The van der Waals surface area contributed by atoms with Crippen LogP contribution in [0.15, 0.2) is 0 Å². The van der Waals surface area contributed by atoms with Crippen molar-refractivity contribution >= 4 is 5.78 Å². The summed E-state index contributed by atoms with van der Waals surface area (Å²) in [6.07, 6.45) is 23.3. The van der Waals surface area contributed by atoms with E-state index in [-0.39, 0.29) is 6.04 Å². The standard InChI is InChI=1S/C31H56N2O/c1-4-7-8-9-10-11-12-13-14-15-16-17-18-19-20-21-22-23-24-25-26-27-28-31(34)30(29-32)33(5-2)6-3/h30H,4-16,21-29,32H2,1-3H3. The molecular formula is C31H56N2O. The Balaban J connectivity index is 3.51. The Kier molecular flexibility index (Phi) is 25.3. The predicted molar refractivity (Wildman–Crippen MR) is 150 cm³/mol. The van der Waals surface area contributed by atoms with E-state index in [1.54, 1.807) is 0 Å². The molecule has 0 amide bonds. The summed E-state index contributed by atoms with van der Waals surface area (Å²) < 4.78 is 0. The number of Topliss-reactive ketones (excluding diaryl/α,β-unsaturated/α-hetero) is 1. The summed E-state index contributed by atoms with van der Waals surface area (Å²) in [5, 5.41) is 0. The van der Waals surface area contributed by atoms with Crippen LogP contribution in [-0.2, 0) is 4.79 Å². The molecule has 0 aliphatic rings. The molecule has 2 N–H and O–H groups in total. The summed E-state index contributed by atoms with van der Waals surface area (Å²) >= 11 is 0. The van der Waals surface area contributed by atoms with Gasteiger partial charge in [0, 0.05) is 25.8 Å². The second-order valence-electron chi connectivity index (χ2n) is 9.60. The highest BCUT2D eigenvalue weighted by molar-refractivity contribution is 5.84.